The first-order chi connectivity index (χ1) is 26.0. The van der Waals surface area contributed by atoms with Crippen LogP contribution in [0.1, 0.15) is 43.4 Å². The monoisotopic (exact) mass is 685 g/mol. The molecule has 6 aromatic carbocycles. The Labute approximate surface area is 309 Å². The molecule has 1 aliphatic heterocycles. The van der Waals surface area contributed by atoms with Crippen molar-refractivity contribution in [1.82, 2.24) is 15.0 Å². The number of allylic oxidation sites excluding steroid dienone is 4. The molecule has 0 saturated heterocycles. The van der Waals surface area contributed by atoms with Crippen molar-refractivity contribution in [1.29, 1.82) is 0 Å². The van der Waals surface area contributed by atoms with Gasteiger partial charge in [-0.2, -0.15) is 0 Å². The van der Waals surface area contributed by atoms with Crippen molar-refractivity contribution in [2.45, 2.75) is 32.1 Å². The molecule has 0 spiro atoms. The Morgan fingerprint density at radius 3 is 1.83 bits per heavy atom. The van der Waals surface area contributed by atoms with Gasteiger partial charge in [0, 0.05) is 22.1 Å². The summed E-state index contributed by atoms with van der Waals surface area (Å²) in [6, 6.07) is 45.9. The van der Waals surface area contributed by atoms with Gasteiger partial charge in [0.05, 0.1) is 0 Å². The van der Waals surface area contributed by atoms with E-state index in [1.165, 1.54) is 27.8 Å². The van der Waals surface area contributed by atoms with Gasteiger partial charge in [-0.15, -0.1) is 0 Å². The summed E-state index contributed by atoms with van der Waals surface area (Å²) >= 11 is 0. The molecular weight excluding hydrogens is 651 g/mol. The normalized spacial score (nSPS) is 14.6. The number of fused-ring (bicyclic) bond motifs is 5. The van der Waals surface area contributed by atoms with E-state index < -0.39 is 0 Å². The second kappa shape index (κ2) is 12.3. The molecule has 10 rings (SSSR count). The minimum atomic E-state index is -0.116. The van der Waals surface area contributed by atoms with E-state index >= 15 is 0 Å². The summed E-state index contributed by atoms with van der Waals surface area (Å²) in [5, 5.41) is 0. The maximum absolute atomic E-state index is 6.58. The van der Waals surface area contributed by atoms with Crippen molar-refractivity contribution in [3.8, 4) is 79.4 Å². The predicted molar refractivity (Wildman–Crippen MR) is 212 cm³/mol. The summed E-state index contributed by atoms with van der Waals surface area (Å²) < 4.78 is 13.1. The molecule has 2 aliphatic carbocycles. The Balaban J connectivity index is 1.01. The highest BCUT2D eigenvalue weighted by Crippen LogP contribution is 2.55. The summed E-state index contributed by atoms with van der Waals surface area (Å²) in [6.45, 7) is 4.54. The average Bonchev–Trinajstić information content (AvgIpc) is 3.44. The van der Waals surface area contributed by atoms with Crippen LogP contribution in [0.25, 0.3) is 62.0 Å². The minimum Gasteiger partial charge on any atom is -0.450 e. The molecule has 0 fully saturated rings. The molecule has 254 valence electrons. The number of rotatable bonds is 5. The molecule has 53 heavy (non-hydrogen) atoms. The number of hydrogen-bond acceptors (Lipinski definition) is 5. The largest absolute Gasteiger partial charge is 0.450 e. The first-order valence-corrected chi connectivity index (χ1v) is 18.2. The lowest BCUT2D eigenvalue weighted by atomic mass is 9.82. The minimum absolute atomic E-state index is 0.116. The Kier molecular flexibility index (Phi) is 7.22. The third kappa shape index (κ3) is 5.44. The van der Waals surface area contributed by atoms with Crippen molar-refractivity contribution in [2.75, 3.05) is 0 Å². The third-order valence-electron chi connectivity index (χ3n) is 10.6. The van der Waals surface area contributed by atoms with Crippen LogP contribution < -0.4 is 9.47 Å². The van der Waals surface area contributed by atoms with Gasteiger partial charge >= 0.3 is 0 Å². The lowest BCUT2D eigenvalue weighted by Gasteiger charge is -2.25. The molecule has 0 saturated carbocycles. The quantitative estimate of drug-likeness (QED) is 0.180. The van der Waals surface area contributed by atoms with Gasteiger partial charge in [-0.1, -0.05) is 129 Å². The standard InChI is InChI=1S/C48H35N3O2/c1-48(2)39-22-10-9-21-37(39)38-28-43-44(29-40(38)48)52-41-24-23-34(27-42(41)53-43)33-18-12-20-36(26-33)47-50-45(31-15-7-4-8-16-31)49-46(51-47)35-19-11-17-32(25-35)30-13-5-3-6-14-30/h4-5,7-29H,3,6H2,1-2H3. The molecular formula is C48H35N3O2. The van der Waals surface area contributed by atoms with E-state index in [2.05, 4.69) is 123 Å². The molecule has 5 nitrogen and oxygen atoms in total. The van der Waals surface area contributed by atoms with Crippen LogP contribution in [0.2, 0.25) is 0 Å². The van der Waals surface area contributed by atoms with Crippen LogP contribution in [0.4, 0.5) is 0 Å². The molecule has 7 aromatic rings. The second-order valence-corrected chi connectivity index (χ2v) is 14.4. The van der Waals surface area contributed by atoms with Crippen LogP contribution in [0.15, 0.2) is 152 Å². The van der Waals surface area contributed by atoms with E-state index in [4.69, 9.17) is 24.4 Å². The number of hydrogen-bond donors (Lipinski definition) is 0. The van der Waals surface area contributed by atoms with Gasteiger partial charge in [0.2, 0.25) is 0 Å². The number of benzene rings is 6. The molecule has 0 amide bonds. The highest BCUT2D eigenvalue weighted by Gasteiger charge is 2.37. The Bertz CT molecular complexity index is 2660. The zero-order chi connectivity index (χ0) is 35.5. The van der Waals surface area contributed by atoms with Gasteiger partial charge in [0.15, 0.2) is 40.5 Å². The lowest BCUT2D eigenvalue weighted by Crippen LogP contribution is -2.15. The van der Waals surface area contributed by atoms with Gasteiger partial charge in [-0.25, -0.2) is 15.0 Å². The molecule has 0 bridgehead atoms. The fraction of sp³-hybridized carbons (Fsp3) is 0.104. The number of aromatic nitrogens is 3. The lowest BCUT2D eigenvalue weighted by molar-refractivity contribution is 0.359. The van der Waals surface area contributed by atoms with Gasteiger partial charge in [-0.3, -0.25) is 0 Å². The highest BCUT2D eigenvalue weighted by atomic mass is 16.6. The maximum atomic E-state index is 6.58. The van der Waals surface area contributed by atoms with Crippen LogP contribution in [0.3, 0.4) is 0 Å². The smallest absolute Gasteiger partial charge is 0.170 e. The second-order valence-electron chi connectivity index (χ2n) is 14.4. The summed E-state index contributed by atoms with van der Waals surface area (Å²) in [4.78, 5) is 15.1. The Morgan fingerprint density at radius 1 is 0.453 bits per heavy atom. The third-order valence-corrected chi connectivity index (χ3v) is 10.6. The van der Waals surface area contributed by atoms with Gasteiger partial charge in [0.1, 0.15) is 0 Å². The van der Waals surface area contributed by atoms with Crippen molar-refractivity contribution in [3.63, 3.8) is 0 Å². The van der Waals surface area contributed by atoms with E-state index in [9.17, 15) is 0 Å². The van der Waals surface area contributed by atoms with Crippen LogP contribution in [-0.4, -0.2) is 15.0 Å². The SMILES string of the molecule is CC1(C)c2ccccc2-c2cc3c(cc21)Oc1ccc(-c2cccc(-c4nc(-c5ccccc5)nc(-c5cccc(C6=CCCC=C6)c5)n4)c2)cc1O3. The maximum Gasteiger partial charge on any atom is 0.170 e. The Morgan fingerprint density at radius 2 is 1.06 bits per heavy atom. The van der Waals surface area contributed by atoms with Crippen LogP contribution >= 0.6 is 0 Å². The summed E-state index contributed by atoms with van der Waals surface area (Å²) in [5.74, 6) is 4.72. The van der Waals surface area contributed by atoms with E-state index in [0.29, 0.717) is 29.0 Å². The summed E-state index contributed by atoms with van der Waals surface area (Å²) in [5.41, 5.74) is 12.1. The van der Waals surface area contributed by atoms with Crippen LogP contribution in [0, 0.1) is 0 Å². The van der Waals surface area contributed by atoms with E-state index in [1.807, 2.05) is 42.5 Å². The van der Waals surface area contributed by atoms with Crippen LogP contribution in [-0.2, 0) is 5.41 Å². The first kappa shape index (κ1) is 31.2. The first-order valence-electron chi connectivity index (χ1n) is 18.2. The zero-order valence-electron chi connectivity index (χ0n) is 29.5. The van der Waals surface area contributed by atoms with E-state index in [1.54, 1.807) is 0 Å². The summed E-state index contributed by atoms with van der Waals surface area (Å²) in [6.07, 6.45) is 8.85. The van der Waals surface area contributed by atoms with Crippen LogP contribution in [0.5, 0.6) is 23.0 Å². The number of nitrogens with zero attached hydrogens (tertiary/aromatic N) is 3. The topological polar surface area (TPSA) is 57.1 Å². The van der Waals surface area contributed by atoms with Gasteiger partial charge in [-0.05, 0) is 93.8 Å². The molecule has 2 heterocycles. The predicted octanol–water partition coefficient (Wildman–Crippen LogP) is 12.5. The Hall–Kier alpha value is -6.59. The van der Waals surface area contributed by atoms with Crippen molar-refractivity contribution < 1.29 is 9.47 Å². The van der Waals surface area contributed by atoms with Gasteiger partial charge in [0.25, 0.3) is 0 Å². The van der Waals surface area contributed by atoms with Crippen molar-refractivity contribution in [2.24, 2.45) is 0 Å². The molecule has 0 atom stereocenters. The molecule has 5 heteroatoms. The van der Waals surface area contributed by atoms with Gasteiger partial charge < -0.3 is 9.47 Å². The fourth-order valence-electron chi connectivity index (χ4n) is 7.81. The molecule has 1 aromatic heterocycles. The molecule has 3 aliphatic rings. The molecule has 0 unspecified atom stereocenters. The average molecular weight is 686 g/mol. The molecule has 0 radical (unpaired) electrons. The fourth-order valence-corrected chi connectivity index (χ4v) is 7.81. The van der Waals surface area contributed by atoms with E-state index in [0.717, 1.165) is 57.7 Å². The van der Waals surface area contributed by atoms with E-state index in [-0.39, 0.29) is 5.41 Å². The van der Waals surface area contributed by atoms with Crippen molar-refractivity contribution in [3.05, 3.63) is 168 Å². The summed E-state index contributed by atoms with van der Waals surface area (Å²) in [7, 11) is 0. The zero-order valence-corrected chi connectivity index (χ0v) is 29.5. The highest BCUT2D eigenvalue weighted by molar-refractivity contribution is 5.84. The number of ether oxygens (including phenoxy) is 2. The molecule has 0 N–H and O–H groups in total. The van der Waals surface area contributed by atoms with Crippen molar-refractivity contribution >= 4 is 5.57 Å².